The van der Waals surface area contributed by atoms with E-state index in [0.29, 0.717) is 12.5 Å². The van der Waals surface area contributed by atoms with Crippen molar-refractivity contribution < 1.29 is 9.59 Å². The molecule has 92 valence electrons. The van der Waals surface area contributed by atoms with Crippen molar-refractivity contribution in [2.24, 2.45) is 5.73 Å². The van der Waals surface area contributed by atoms with Gasteiger partial charge in [-0.3, -0.25) is 9.59 Å². The molecule has 0 aliphatic heterocycles. The van der Waals surface area contributed by atoms with Crippen molar-refractivity contribution in [3.8, 4) is 0 Å². The van der Waals surface area contributed by atoms with Gasteiger partial charge in [0.1, 0.15) is 0 Å². The Morgan fingerprint density at radius 2 is 2.12 bits per heavy atom. The van der Waals surface area contributed by atoms with E-state index in [0.717, 1.165) is 25.7 Å². The maximum atomic E-state index is 11.4. The number of hydrogen-bond donors (Lipinski definition) is 3. The van der Waals surface area contributed by atoms with E-state index in [1.807, 2.05) is 6.92 Å². The second-order valence-electron chi connectivity index (χ2n) is 4.31. The molecule has 1 aliphatic rings. The normalized spacial score (nSPS) is 16.6. The molecule has 1 fully saturated rings. The van der Waals surface area contributed by atoms with Crippen molar-refractivity contribution in [2.75, 3.05) is 6.54 Å². The molecule has 5 nitrogen and oxygen atoms in total. The zero-order valence-electron chi connectivity index (χ0n) is 9.79. The van der Waals surface area contributed by atoms with Gasteiger partial charge in [0.2, 0.25) is 11.8 Å². The predicted octanol–water partition coefficient (Wildman–Crippen LogP) is -0.101. The van der Waals surface area contributed by atoms with Crippen molar-refractivity contribution in [1.82, 2.24) is 10.6 Å². The van der Waals surface area contributed by atoms with Crippen LogP contribution in [0.25, 0.3) is 0 Å². The Bertz CT molecular complexity index is 252. The van der Waals surface area contributed by atoms with Gasteiger partial charge < -0.3 is 16.4 Å². The minimum Gasteiger partial charge on any atom is -0.352 e. The van der Waals surface area contributed by atoms with E-state index < -0.39 is 6.04 Å². The van der Waals surface area contributed by atoms with Crippen LogP contribution in [0.1, 0.15) is 39.0 Å². The molecular weight excluding hydrogens is 206 g/mol. The first-order valence-electron chi connectivity index (χ1n) is 5.96. The van der Waals surface area contributed by atoms with E-state index in [1.54, 1.807) is 0 Å². The van der Waals surface area contributed by atoms with E-state index >= 15 is 0 Å². The molecule has 0 saturated heterocycles. The summed E-state index contributed by atoms with van der Waals surface area (Å²) in [5.41, 5.74) is 5.66. The van der Waals surface area contributed by atoms with Crippen LogP contribution in [-0.4, -0.2) is 30.4 Å². The highest BCUT2D eigenvalue weighted by Gasteiger charge is 2.23. The number of carbonyl (C=O) groups is 2. The average Bonchev–Trinajstić information content (AvgIpc) is 3.06. The molecule has 1 rings (SSSR count). The molecule has 2 amide bonds. The maximum absolute atomic E-state index is 11.4. The lowest BCUT2D eigenvalue weighted by molar-refractivity contribution is -0.127. The lowest BCUT2D eigenvalue weighted by atomic mass is 10.1. The first kappa shape index (κ1) is 13.0. The predicted molar refractivity (Wildman–Crippen MR) is 61.7 cm³/mol. The summed E-state index contributed by atoms with van der Waals surface area (Å²) >= 11 is 0. The highest BCUT2D eigenvalue weighted by molar-refractivity contribution is 5.87. The smallest absolute Gasteiger partial charge is 0.239 e. The van der Waals surface area contributed by atoms with Crippen LogP contribution >= 0.6 is 0 Å². The van der Waals surface area contributed by atoms with Gasteiger partial charge in [-0.05, 0) is 19.3 Å². The van der Waals surface area contributed by atoms with Crippen LogP contribution in [0.2, 0.25) is 0 Å². The van der Waals surface area contributed by atoms with Crippen LogP contribution < -0.4 is 16.4 Å². The van der Waals surface area contributed by atoms with Crippen LogP contribution in [0.5, 0.6) is 0 Å². The fourth-order valence-corrected chi connectivity index (χ4v) is 1.36. The minimum atomic E-state index is -0.492. The lowest BCUT2D eigenvalue weighted by Crippen LogP contribution is -2.45. The third-order valence-corrected chi connectivity index (χ3v) is 2.57. The Morgan fingerprint density at radius 3 is 2.69 bits per heavy atom. The largest absolute Gasteiger partial charge is 0.352 e. The third kappa shape index (κ3) is 5.11. The molecule has 0 unspecified atom stereocenters. The number of rotatable bonds is 7. The second-order valence-corrected chi connectivity index (χ2v) is 4.31. The third-order valence-electron chi connectivity index (χ3n) is 2.57. The highest BCUT2D eigenvalue weighted by atomic mass is 16.2. The summed E-state index contributed by atoms with van der Waals surface area (Å²) in [6, 6.07) is -0.160. The van der Waals surface area contributed by atoms with Gasteiger partial charge >= 0.3 is 0 Å². The molecule has 0 aromatic rings. The molecule has 5 heteroatoms. The Balaban J connectivity index is 2.09. The first-order valence-corrected chi connectivity index (χ1v) is 5.96. The Morgan fingerprint density at radius 1 is 1.44 bits per heavy atom. The van der Waals surface area contributed by atoms with E-state index in [9.17, 15) is 9.59 Å². The first-order chi connectivity index (χ1) is 7.63. The molecule has 0 aromatic heterocycles. The average molecular weight is 227 g/mol. The molecular formula is C11H21N3O2. The molecule has 0 spiro atoms. The van der Waals surface area contributed by atoms with Gasteiger partial charge in [0.15, 0.2) is 0 Å². The van der Waals surface area contributed by atoms with Gasteiger partial charge in [0.25, 0.3) is 0 Å². The summed E-state index contributed by atoms with van der Waals surface area (Å²) in [5.74, 6) is -0.363. The molecule has 0 bridgehead atoms. The summed E-state index contributed by atoms with van der Waals surface area (Å²) in [6.07, 6.45) is 4.73. The molecule has 16 heavy (non-hydrogen) atoms. The van der Waals surface area contributed by atoms with Crippen molar-refractivity contribution in [1.29, 1.82) is 0 Å². The summed E-state index contributed by atoms with van der Waals surface area (Å²) in [6.45, 7) is 2.09. The Kier molecular flexibility index (Phi) is 5.25. The molecule has 0 aromatic carbocycles. The van der Waals surface area contributed by atoms with Crippen LogP contribution in [-0.2, 0) is 9.59 Å². The van der Waals surface area contributed by atoms with Crippen molar-refractivity contribution in [3.05, 3.63) is 0 Å². The number of carbonyl (C=O) groups excluding carboxylic acids is 2. The lowest BCUT2D eigenvalue weighted by Gasteiger charge is -2.11. The molecule has 0 heterocycles. The van der Waals surface area contributed by atoms with Crippen LogP contribution in [0.4, 0.5) is 0 Å². The second kappa shape index (κ2) is 6.48. The highest BCUT2D eigenvalue weighted by Crippen LogP contribution is 2.18. The quantitative estimate of drug-likeness (QED) is 0.568. The van der Waals surface area contributed by atoms with Crippen molar-refractivity contribution in [3.63, 3.8) is 0 Å². The zero-order valence-corrected chi connectivity index (χ0v) is 9.79. The number of hydrogen-bond acceptors (Lipinski definition) is 3. The molecule has 1 saturated carbocycles. The van der Waals surface area contributed by atoms with Gasteiger partial charge in [-0.25, -0.2) is 0 Å². The van der Waals surface area contributed by atoms with Crippen LogP contribution in [0.15, 0.2) is 0 Å². The summed E-state index contributed by atoms with van der Waals surface area (Å²) in [5, 5.41) is 5.35. The van der Waals surface area contributed by atoms with Crippen LogP contribution in [0, 0.1) is 0 Å². The van der Waals surface area contributed by atoms with E-state index in [4.69, 9.17) is 5.73 Å². The number of amides is 2. The van der Waals surface area contributed by atoms with E-state index in [1.165, 1.54) is 0 Å². The van der Waals surface area contributed by atoms with Gasteiger partial charge in [0, 0.05) is 6.04 Å². The Labute approximate surface area is 96.1 Å². The zero-order chi connectivity index (χ0) is 12.0. The standard InChI is InChI=1S/C11H21N3O2/c1-2-3-4-9(12)11(16)13-7-10(15)14-8-5-6-8/h8-9H,2-7,12H2,1H3,(H,13,16)(H,14,15)/t9-/m0/s1. The fraction of sp³-hybridized carbons (Fsp3) is 0.818. The molecule has 4 N–H and O–H groups in total. The summed E-state index contributed by atoms with van der Waals surface area (Å²) in [4.78, 5) is 22.7. The van der Waals surface area contributed by atoms with Crippen molar-refractivity contribution >= 4 is 11.8 Å². The molecule has 1 atom stereocenters. The van der Waals surface area contributed by atoms with E-state index in [-0.39, 0.29) is 18.4 Å². The number of nitrogens with two attached hydrogens (primary N) is 1. The molecule has 1 aliphatic carbocycles. The van der Waals surface area contributed by atoms with Crippen molar-refractivity contribution in [2.45, 2.75) is 51.1 Å². The summed E-state index contributed by atoms with van der Waals surface area (Å²) in [7, 11) is 0. The SMILES string of the molecule is CCCC[C@H](N)C(=O)NCC(=O)NC1CC1. The number of nitrogens with one attached hydrogen (secondary N) is 2. The maximum Gasteiger partial charge on any atom is 0.239 e. The van der Waals surface area contributed by atoms with Gasteiger partial charge in [-0.15, -0.1) is 0 Å². The van der Waals surface area contributed by atoms with E-state index in [2.05, 4.69) is 10.6 Å². The minimum absolute atomic E-state index is 0.0369. The van der Waals surface area contributed by atoms with Gasteiger partial charge in [0.05, 0.1) is 12.6 Å². The van der Waals surface area contributed by atoms with Gasteiger partial charge in [-0.2, -0.15) is 0 Å². The molecule has 0 radical (unpaired) electrons. The summed E-state index contributed by atoms with van der Waals surface area (Å²) < 4.78 is 0. The van der Waals surface area contributed by atoms with Gasteiger partial charge in [-0.1, -0.05) is 19.8 Å². The number of unbranched alkanes of at least 4 members (excludes halogenated alkanes) is 1. The monoisotopic (exact) mass is 227 g/mol. The van der Waals surface area contributed by atoms with Crippen LogP contribution in [0.3, 0.4) is 0 Å². The topological polar surface area (TPSA) is 84.2 Å². The fourth-order valence-electron chi connectivity index (χ4n) is 1.36. The Hall–Kier alpha value is -1.10.